The second-order valence-electron chi connectivity index (χ2n) is 11.8. The molecule has 0 N–H and O–H groups in total. The fraction of sp³-hybridized carbons (Fsp3) is 0.514. The molecule has 1 rings (SSSR count). The van der Waals surface area contributed by atoms with Gasteiger partial charge in [0.05, 0.1) is 11.5 Å². The normalized spacial score (nSPS) is 14.0. The fourth-order valence-electron chi connectivity index (χ4n) is 4.32. The highest BCUT2D eigenvalue weighted by Gasteiger charge is 2.13. The topological polar surface area (TPSA) is 43.4 Å². The van der Waals surface area contributed by atoms with E-state index in [1.165, 1.54) is 34.3 Å². The van der Waals surface area contributed by atoms with Gasteiger partial charge in [-0.3, -0.25) is 4.18 Å². The molecule has 0 fully saturated rings. The van der Waals surface area contributed by atoms with Gasteiger partial charge in [-0.05, 0) is 132 Å². The Kier molecular flexibility index (Phi) is 18.3. The SMILES string of the molecule is CC(C)=CCCC(C)=CCCC(C)=CCCC(C)=CCCC(C)=CCCC(C)=CCOS(=O)(=O)c1ccc(C)cc1. The molecule has 0 unspecified atom stereocenters. The molecule has 0 amide bonds. The highest BCUT2D eigenvalue weighted by molar-refractivity contribution is 7.86. The smallest absolute Gasteiger partial charge is 0.262 e. The molecule has 0 aliphatic heterocycles. The van der Waals surface area contributed by atoms with Crippen molar-refractivity contribution in [1.82, 2.24) is 0 Å². The molecular formula is C37H56O3S. The van der Waals surface area contributed by atoms with Crippen LogP contribution in [0.2, 0.25) is 0 Å². The minimum absolute atomic E-state index is 0.0666. The maximum atomic E-state index is 12.3. The number of hydrogen-bond donors (Lipinski definition) is 0. The zero-order valence-electron chi connectivity index (χ0n) is 27.2. The number of aryl methyl sites for hydroxylation is 1. The molecule has 0 bridgehead atoms. The van der Waals surface area contributed by atoms with Gasteiger partial charge in [0.1, 0.15) is 0 Å². The summed E-state index contributed by atoms with van der Waals surface area (Å²) >= 11 is 0. The van der Waals surface area contributed by atoms with Gasteiger partial charge in [-0.2, -0.15) is 8.42 Å². The quantitative estimate of drug-likeness (QED) is 0.121. The molecule has 228 valence electrons. The second-order valence-corrected chi connectivity index (χ2v) is 13.4. The van der Waals surface area contributed by atoms with Gasteiger partial charge < -0.3 is 0 Å². The van der Waals surface area contributed by atoms with Gasteiger partial charge >= 0.3 is 0 Å². The van der Waals surface area contributed by atoms with Crippen LogP contribution in [0.4, 0.5) is 0 Å². The lowest BCUT2D eigenvalue weighted by Crippen LogP contribution is -2.06. The fourth-order valence-corrected chi connectivity index (χ4v) is 5.18. The third-order valence-corrected chi connectivity index (χ3v) is 8.48. The Balaban J connectivity index is 2.28. The molecule has 1 aromatic carbocycles. The number of hydrogen-bond acceptors (Lipinski definition) is 3. The molecule has 0 radical (unpaired) electrons. The van der Waals surface area contributed by atoms with Crippen molar-refractivity contribution in [2.24, 2.45) is 0 Å². The zero-order valence-corrected chi connectivity index (χ0v) is 28.0. The Hall–Kier alpha value is -2.43. The molecule has 41 heavy (non-hydrogen) atoms. The molecule has 0 aliphatic rings. The molecule has 0 saturated heterocycles. The van der Waals surface area contributed by atoms with E-state index in [1.54, 1.807) is 24.3 Å². The molecule has 0 aromatic heterocycles. The predicted octanol–water partition coefficient (Wildman–Crippen LogP) is 11.3. The summed E-state index contributed by atoms with van der Waals surface area (Å²) in [7, 11) is -3.71. The highest BCUT2D eigenvalue weighted by Crippen LogP contribution is 2.17. The van der Waals surface area contributed by atoms with E-state index < -0.39 is 10.1 Å². The zero-order chi connectivity index (χ0) is 30.7. The van der Waals surface area contributed by atoms with Gasteiger partial charge in [0.25, 0.3) is 10.1 Å². The molecule has 0 aliphatic carbocycles. The lowest BCUT2D eigenvalue weighted by atomic mass is 10.0. The lowest BCUT2D eigenvalue weighted by Gasteiger charge is -2.05. The summed E-state index contributed by atoms with van der Waals surface area (Å²) in [6, 6.07) is 6.72. The number of allylic oxidation sites excluding steroid dienone is 11. The monoisotopic (exact) mass is 580 g/mol. The Morgan fingerprint density at radius 1 is 0.561 bits per heavy atom. The van der Waals surface area contributed by atoms with E-state index in [0.29, 0.717) is 0 Å². The van der Waals surface area contributed by atoms with Crippen LogP contribution in [0, 0.1) is 6.92 Å². The summed E-state index contributed by atoms with van der Waals surface area (Å²) in [6.45, 7) is 17.3. The van der Waals surface area contributed by atoms with Crippen LogP contribution in [-0.2, 0) is 14.3 Å². The molecule has 1 aromatic rings. The Morgan fingerprint density at radius 3 is 1.27 bits per heavy atom. The summed E-state index contributed by atoms with van der Waals surface area (Å²) in [5.74, 6) is 0. The molecule has 0 saturated carbocycles. The first-order valence-electron chi connectivity index (χ1n) is 15.3. The number of benzene rings is 1. The third kappa shape index (κ3) is 18.6. The van der Waals surface area contributed by atoms with Crippen molar-refractivity contribution in [2.45, 2.75) is 124 Å². The second kappa shape index (κ2) is 20.4. The van der Waals surface area contributed by atoms with Crippen LogP contribution in [0.15, 0.2) is 99.1 Å². The average Bonchev–Trinajstić information content (AvgIpc) is 2.88. The van der Waals surface area contributed by atoms with Gasteiger partial charge in [0, 0.05) is 0 Å². The van der Waals surface area contributed by atoms with Crippen molar-refractivity contribution in [1.29, 1.82) is 0 Å². The van der Waals surface area contributed by atoms with Crippen LogP contribution >= 0.6 is 0 Å². The molecule has 0 spiro atoms. The van der Waals surface area contributed by atoms with E-state index in [0.717, 1.165) is 68.9 Å². The molecule has 3 nitrogen and oxygen atoms in total. The minimum atomic E-state index is -3.71. The largest absolute Gasteiger partial charge is 0.297 e. The van der Waals surface area contributed by atoms with Crippen LogP contribution in [0.25, 0.3) is 0 Å². The minimum Gasteiger partial charge on any atom is -0.262 e. The van der Waals surface area contributed by atoms with Gasteiger partial charge in [-0.1, -0.05) is 87.6 Å². The Labute approximate surface area is 253 Å². The Bertz CT molecular complexity index is 1200. The van der Waals surface area contributed by atoms with Crippen LogP contribution in [0.5, 0.6) is 0 Å². The van der Waals surface area contributed by atoms with E-state index in [-0.39, 0.29) is 11.5 Å². The van der Waals surface area contributed by atoms with Crippen molar-refractivity contribution >= 4 is 10.1 Å². The molecular weight excluding hydrogens is 524 g/mol. The van der Waals surface area contributed by atoms with E-state index >= 15 is 0 Å². The molecule has 0 heterocycles. The van der Waals surface area contributed by atoms with Gasteiger partial charge in [-0.15, -0.1) is 0 Å². The average molecular weight is 581 g/mol. The van der Waals surface area contributed by atoms with Crippen molar-refractivity contribution in [3.63, 3.8) is 0 Å². The van der Waals surface area contributed by atoms with E-state index in [9.17, 15) is 8.42 Å². The van der Waals surface area contributed by atoms with Gasteiger partial charge in [0.15, 0.2) is 0 Å². The standard InChI is InChI=1S/C37H56O3S/c1-30(2)14-9-15-31(3)16-10-17-32(4)18-11-19-33(5)20-12-21-34(6)22-13-23-35(7)28-29-40-41(38,39)37-26-24-36(8)25-27-37/h14,16,18,20,22,24-28H,9-13,15,17,19,21,23,29H2,1-8H3. The van der Waals surface area contributed by atoms with E-state index in [4.69, 9.17) is 4.18 Å². The first-order valence-corrected chi connectivity index (χ1v) is 16.7. The molecule has 0 atom stereocenters. The van der Waals surface area contributed by atoms with E-state index in [1.807, 2.05) is 19.9 Å². The summed E-state index contributed by atoms with van der Waals surface area (Å²) in [4.78, 5) is 0.198. The van der Waals surface area contributed by atoms with Crippen LogP contribution in [0.3, 0.4) is 0 Å². The van der Waals surface area contributed by atoms with Crippen molar-refractivity contribution < 1.29 is 12.6 Å². The van der Waals surface area contributed by atoms with Crippen molar-refractivity contribution in [3.05, 3.63) is 99.7 Å². The lowest BCUT2D eigenvalue weighted by molar-refractivity contribution is 0.356. The van der Waals surface area contributed by atoms with Gasteiger partial charge in [-0.25, -0.2) is 0 Å². The Morgan fingerprint density at radius 2 is 0.902 bits per heavy atom. The van der Waals surface area contributed by atoms with Crippen molar-refractivity contribution in [2.75, 3.05) is 6.61 Å². The number of rotatable bonds is 19. The van der Waals surface area contributed by atoms with Crippen LogP contribution in [-0.4, -0.2) is 15.0 Å². The molecule has 4 heteroatoms. The maximum Gasteiger partial charge on any atom is 0.297 e. The van der Waals surface area contributed by atoms with Gasteiger partial charge in [0.2, 0.25) is 0 Å². The van der Waals surface area contributed by atoms with Crippen LogP contribution < -0.4 is 0 Å². The third-order valence-electron chi connectivity index (χ3n) is 7.18. The van der Waals surface area contributed by atoms with E-state index in [2.05, 4.69) is 71.9 Å². The summed E-state index contributed by atoms with van der Waals surface area (Å²) in [6.07, 6.45) is 24.6. The first-order chi connectivity index (χ1) is 19.4. The highest BCUT2D eigenvalue weighted by atomic mass is 32.2. The summed E-state index contributed by atoms with van der Waals surface area (Å²) in [5.41, 5.74) is 9.43. The first kappa shape index (κ1) is 36.6. The maximum absolute atomic E-state index is 12.3. The predicted molar refractivity (Wildman–Crippen MR) is 179 cm³/mol. The summed E-state index contributed by atoms with van der Waals surface area (Å²) in [5, 5.41) is 0. The van der Waals surface area contributed by atoms with Crippen molar-refractivity contribution in [3.8, 4) is 0 Å². The van der Waals surface area contributed by atoms with Crippen LogP contribution in [0.1, 0.15) is 118 Å². The summed E-state index contributed by atoms with van der Waals surface area (Å²) < 4.78 is 29.8.